The Hall–Kier alpha value is -2.53. The molecule has 5 heteroatoms. The minimum atomic E-state index is -0.225. The number of carbonyl (C=O) groups excluding carboxylic acids is 1. The number of amides is 1. The third-order valence-electron chi connectivity index (χ3n) is 3.63. The number of anilines is 1. The Bertz CT molecular complexity index is 894. The number of carbonyl (C=O) groups is 1. The zero-order chi connectivity index (χ0) is 17.1. The van der Waals surface area contributed by atoms with E-state index in [0.717, 1.165) is 21.3 Å². The largest absolute Gasteiger partial charge is 0.321 e. The van der Waals surface area contributed by atoms with Gasteiger partial charge in [0, 0.05) is 16.2 Å². The van der Waals surface area contributed by atoms with Crippen LogP contribution in [0.2, 0.25) is 0 Å². The molecule has 1 N–H and O–H groups in total. The Morgan fingerprint density at radius 2 is 1.83 bits per heavy atom. The lowest BCUT2D eigenvalue weighted by Gasteiger charge is -2.10. The van der Waals surface area contributed by atoms with Gasteiger partial charge in [0.15, 0.2) is 5.82 Å². The molecule has 0 aliphatic carbocycles. The Labute approximate surface area is 149 Å². The molecule has 24 heavy (non-hydrogen) atoms. The van der Waals surface area contributed by atoms with E-state index >= 15 is 0 Å². The van der Waals surface area contributed by atoms with Crippen LogP contribution in [-0.4, -0.2) is 15.9 Å². The highest BCUT2D eigenvalue weighted by Crippen LogP contribution is 2.24. The van der Waals surface area contributed by atoms with Crippen molar-refractivity contribution in [1.29, 1.82) is 0 Å². The SMILES string of the molecule is Cc1ccc(NC(=O)c2cnc(-c3ccccc3)nc2C)c(Br)c1. The van der Waals surface area contributed by atoms with Gasteiger partial charge in [0.2, 0.25) is 0 Å². The second-order valence-corrected chi connectivity index (χ2v) is 6.35. The van der Waals surface area contributed by atoms with Gasteiger partial charge in [0.05, 0.1) is 16.9 Å². The normalized spacial score (nSPS) is 10.5. The van der Waals surface area contributed by atoms with Crippen LogP contribution in [0, 0.1) is 13.8 Å². The Kier molecular flexibility index (Phi) is 4.71. The number of nitrogens with one attached hydrogen (secondary N) is 1. The van der Waals surface area contributed by atoms with Crippen LogP contribution in [0.4, 0.5) is 5.69 Å². The predicted octanol–water partition coefficient (Wildman–Crippen LogP) is 4.78. The summed E-state index contributed by atoms with van der Waals surface area (Å²) in [6, 6.07) is 15.5. The molecule has 3 rings (SSSR count). The minimum absolute atomic E-state index is 0.225. The summed E-state index contributed by atoms with van der Waals surface area (Å²) in [6.07, 6.45) is 1.57. The Morgan fingerprint density at radius 1 is 1.08 bits per heavy atom. The van der Waals surface area contributed by atoms with Crippen LogP contribution >= 0.6 is 15.9 Å². The van der Waals surface area contributed by atoms with E-state index in [4.69, 9.17) is 0 Å². The third-order valence-corrected chi connectivity index (χ3v) is 4.28. The van der Waals surface area contributed by atoms with Crippen LogP contribution in [0.3, 0.4) is 0 Å². The first-order chi connectivity index (χ1) is 11.5. The molecule has 120 valence electrons. The number of hydrogen-bond acceptors (Lipinski definition) is 3. The van der Waals surface area contributed by atoms with E-state index < -0.39 is 0 Å². The highest BCUT2D eigenvalue weighted by Gasteiger charge is 2.14. The minimum Gasteiger partial charge on any atom is -0.321 e. The van der Waals surface area contributed by atoms with E-state index in [1.54, 1.807) is 6.20 Å². The number of aryl methyl sites for hydroxylation is 2. The average Bonchev–Trinajstić information content (AvgIpc) is 2.58. The number of hydrogen-bond donors (Lipinski definition) is 1. The molecule has 0 aliphatic rings. The molecule has 1 heterocycles. The van der Waals surface area contributed by atoms with Gasteiger partial charge in [-0.3, -0.25) is 4.79 Å². The van der Waals surface area contributed by atoms with Crippen molar-refractivity contribution in [3.8, 4) is 11.4 Å². The Balaban J connectivity index is 1.85. The van der Waals surface area contributed by atoms with Gasteiger partial charge in [-0.05, 0) is 47.5 Å². The summed E-state index contributed by atoms with van der Waals surface area (Å²) >= 11 is 3.46. The second kappa shape index (κ2) is 6.93. The van der Waals surface area contributed by atoms with Crippen molar-refractivity contribution in [3.63, 3.8) is 0 Å². The number of nitrogens with zero attached hydrogens (tertiary/aromatic N) is 2. The van der Waals surface area contributed by atoms with E-state index in [1.165, 1.54) is 0 Å². The van der Waals surface area contributed by atoms with Crippen LogP contribution in [0.25, 0.3) is 11.4 Å². The van der Waals surface area contributed by atoms with E-state index in [0.29, 0.717) is 17.1 Å². The van der Waals surface area contributed by atoms with Crippen LogP contribution in [0.5, 0.6) is 0 Å². The number of halogens is 1. The molecular formula is C19H16BrN3O. The molecule has 0 radical (unpaired) electrons. The van der Waals surface area contributed by atoms with Gasteiger partial charge >= 0.3 is 0 Å². The lowest BCUT2D eigenvalue weighted by Crippen LogP contribution is -2.15. The lowest BCUT2D eigenvalue weighted by molar-refractivity contribution is 0.102. The molecule has 2 aromatic carbocycles. The van der Waals surface area contributed by atoms with Crippen LogP contribution < -0.4 is 5.32 Å². The maximum Gasteiger partial charge on any atom is 0.259 e. The molecule has 1 aromatic heterocycles. The van der Waals surface area contributed by atoms with Crippen LogP contribution in [0.15, 0.2) is 59.2 Å². The van der Waals surface area contributed by atoms with Crippen molar-refractivity contribution in [3.05, 3.63) is 76.0 Å². The van der Waals surface area contributed by atoms with Gasteiger partial charge in [0.1, 0.15) is 0 Å². The molecule has 0 fully saturated rings. The quantitative estimate of drug-likeness (QED) is 0.710. The van der Waals surface area contributed by atoms with Gasteiger partial charge in [-0.2, -0.15) is 0 Å². The smallest absolute Gasteiger partial charge is 0.259 e. The first kappa shape index (κ1) is 16.3. The third kappa shape index (κ3) is 3.51. The fraction of sp³-hybridized carbons (Fsp3) is 0.105. The second-order valence-electron chi connectivity index (χ2n) is 5.50. The fourth-order valence-corrected chi connectivity index (χ4v) is 2.92. The predicted molar refractivity (Wildman–Crippen MR) is 99.0 cm³/mol. The maximum atomic E-state index is 12.5. The molecule has 0 aliphatic heterocycles. The van der Waals surface area contributed by atoms with Gasteiger partial charge in [-0.15, -0.1) is 0 Å². The maximum absolute atomic E-state index is 12.5. The van der Waals surface area contributed by atoms with Crippen molar-refractivity contribution in [2.24, 2.45) is 0 Å². The zero-order valence-corrected chi connectivity index (χ0v) is 15.0. The molecule has 4 nitrogen and oxygen atoms in total. The molecule has 0 spiro atoms. The van der Waals surface area contributed by atoms with Gasteiger partial charge in [-0.25, -0.2) is 9.97 Å². The summed E-state index contributed by atoms with van der Waals surface area (Å²) in [6.45, 7) is 3.81. The number of benzene rings is 2. The van der Waals surface area contributed by atoms with Crippen LogP contribution in [0.1, 0.15) is 21.6 Å². The van der Waals surface area contributed by atoms with E-state index in [9.17, 15) is 4.79 Å². The molecule has 3 aromatic rings. The summed E-state index contributed by atoms with van der Waals surface area (Å²) in [5.41, 5.74) is 3.87. The average molecular weight is 382 g/mol. The first-order valence-electron chi connectivity index (χ1n) is 7.51. The van der Waals surface area contributed by atoms with E-state index in [1.807, 2.05) is 62.4 Å². The van der Waals surface area contributed by atoms with Crippen molar-refractivity contribution in [1.82, 2.24) is 9.97 Å². The standard InChI is InChI=1S/C19H16BrN3O/c1-12-8-9-17(16(20)10-12)23-19(24)15-11-21-18(22-13(15)2)14-6-4-3-5-7-14/h3-11H,1-2H3,(H,23,24). The zero-order valence-electron chi connectivity index (χ0n) is 13.4. The highest BCUT2D eigenvalue weighted by atomic mass is 79.9. The van der Waals surface area contributed by atoms with Gasteiger partial charge in [-0.1, -0.05) is 36.4 Å². The molecule has 0 atom stereocenters. The van der Waals surface area contributed by atoms with Gasteiger partial charge < -0.3 is 5.32 Å². The Morgan fingerprint density at radius 3 is 2.50 bits per heavy atom. The van der Waals surface area contributed by atoms with Crippen molar-refractivity contribution < 1.29 is 4.79 Å². The van der Waals surface area contributed by atoms with Gasteiger partial charge in [0.25, 0.3) is 5.91 Å². The van der Waals surface area contributed by atoms with E-state index in [2.05, 4.69) is 31.2 Å². The van der Waals surface area contributed by atoms with Crippen molar-refractivity contribution >= 4 is 27.5 Å². The molecule has 0 saturated carbocycles. The number of aromatic nitrogens is 2. The molecule has 0 unspecified atom stereocenters. The molecule has 0 saturated heterocycles. The number of rotatable bonds is 3. The summed E-state index contributed by atoms with van der Waals surface area (Å²) in [4.78, 5) is 21.3. The summed E-state index contributed by atoms with van der Waals surface area (Å²) in [5.74, 6) is 0.387. The summed E-state index contributed by atoms with van der Waals surface area (Å²) in [7, 11) is 0. The lowest BCUT2D eigenvalue weighted by atomic mass is 10.1. The molecule has 1 amide bonds. The van der Waals surface area contributed by atoms with Crippen LogP contribution in [-0.2, 0) is 0 Å². The first-order valence-corrected chi connectivity index (χ1v) is 8.30. The monoisotopic (exact) mass is 381 g/mol. The van der Waals surface area contributed by atoms with Crippen molar-refractivity contribution in [2.75, 3.05) is 5.32 Å². The fourth-order valence-electron chi connectivity index (χ4n) is 2.33. The highest BCUT2D eigenvalue weighted by molar-refractivity contribution is 9.10. The summed E-state index contributed by atoms with van der Waals surface area (Å²) < 4.78 is 0.843. The molecular weight excluding hydrogens is 366 g/mol. The molecule has 0 bridgehead atoms. The van der Waals surface area contributed by atoms with Crippen molar-refractivity contribution in [2.45, 2.75) is 13.8 Å². The summed E-state index contributed by atoms with van der Waals surface area (Å²) in [5, 5.41) is 2.89. The van der Waals surface area contributed by atoms with E-state index in [-0.39, 0.29) is 5.91 Å². The topological polar surface area (TPSA) is 54.9 Å².